The number of nitrogens with two attached hydrogens (primary N) is 1. The highest BCUT2D eigenvalue weighted by Gasteiger charge is 2.23. The van der Waals surface area contributed by atoms with Gasteiger partial charge in [-0.2, -0.15) is 0 Å². The van der Waals surface area contributed by atoms with Gasteiger partial charge in [-0.3, -0.25) is 10.1 Å². The molecule has 0 aliphatic heterocycles. The van der Waals surface area contributed by atoms with Gasteiger partial charge < -0.3 is 10.6 Å². The Morgan fingerprint density at radius 1 is 1.25 bits per heavy atom. The normalized spacial score (nSPS) is 13.4. The van der Waals surface area contributed by atoms with Crippen molar-refractivity contribution in [3.8, 4) is 0 Å². The van der Waals surface area contributed by atoms with E-state index in [4.69, 9.17) is 0 Å². The summed E-state index contributed by atoms with van der Waals surface area (Å²) in [7, 11) is 1.40. The average molecular weight is 286 g/mol. The van der Waals surface area contributed by atoms with Crippen LogP contribution < -0.4 is 16.0 Å². The third-order valence-corrected chi connectivity index (χ3v) is 2.91. The van der Waals surface area contributed by atoms with Crippen molar-refractivity contribution in [1.29, 1.82) is 0 Å². The molecule has 0 aromatic heterocycles. The van der Waals surface area contributed by atoms with E-state index < -0.39 is 29.6 Å². The number of imide groups is 1. The maximum Gasteiger partial charge on any atom is 0.321 e. The van der Waals surface area contributed by atoms with Gasteiger partial charge in [0.2, 0.25) is 0 Å². The minimum Gasteiger partial charge on any atom is -0.341 e. The molecule has 1 aromatic carbocycles. The summed E-state index contributed by atoms with van der Waals surface area (Å²) < 4.78 is 26.4. The van der Waals surface area contributed by atoms with Gasteiger partial charge in [-0.15, -0.1) is 0 Å². The number of carbonyl (C=O) groups is 2. The number of carbonyl (C=O) groups excluding carboxylic acids is 2. The van der Waals surface area contributed by atoms with Crippen molar-refractivity contribution in [2.45, 2.75) is 25.9 Å². The zero-order chi connectivity index (χ0) is 15.3. The number of quaternary nitrogens is 1. The predicted octanol–water partition coefficient (Wildman–Crippen LogP) is 0.433. The fraction of sp³-hybridized carbons (Fsp3) is 0.385. The summed E-state index contributed by atoms with van der Waals surface area (Å²) in [6.07, 6.45) is 0. The summed E-state index contributed by atoms with van der Waals surface area (Å²) >= 11 is 0. The van der Waals surface area contributed by atoms with E-state index in [1.165, 1.54) is 13.1 Å². The van der Waals surface area contributed by atoms with E-state index in [0.717, 1.165) is 12.1 Å². The average Bonchev–Trinajstić information content (AvgIpc) is 2.37. The molecule has 3 amide bonds. The number of nitrogens with one attached hydrogen (secondary N) is 2. The zero-order valence-corrected chi connectivity index (χ0v) is 11.5. The molecule has 0 aliphatic rings. The Hall–Kier alpha value is -2.02. The minimum absolute atomic E-state index is 0.297. The van der Waals surface area contributed by atoms with E-state index >= 15 is 0 Å². The monoisotopic (exact) mass is 286 g/mol. The molecule has 4 N–H and O–H groups in total. The lowest BCUT2D eigenvalue weighted by Gasteiger charge is -2.16. The number of benzene rings is 1. The van der Waals surface area contributed by atoms with Gasteiger partial charge in [0, 0.05) is 18.7 Å². The van der Waals surface area contributed by atoms with Crippen molar-refractivity contribution in [3.05, 3.63) is 35.4 Å². The number of hydrogen-bond acceptors (Lipinski definition) is 2. The highest BCUT2D eigenvalue weighted by Crippen LogP contribution is 2.14. The summed E-state index contributed by atoms with van der Waals surface area (Å²) in [5.74, 6) is -1.80. The maximum absolute atomic E-state index is 13.6. The van der Waals surface area contributed by atoms with Gasteiger partial charge in [0.15, 0.2) is 6.04 Å². The molecule has 20 heavy (non-hydrogen) atoms. The van der Waals surface area contributed by atoms with Gasteiger partial charge in [0.25, 0.3) is 5.91 Å². The molecule has 0 fully saturated rings. The first-order valence-electron chi connectivity index (χ1n) is 6.17. The van der Waals surface area contributed by atoms with Gasteiger partial charge in [-0.1, -0.05) is 0 Å². The second kappa shape index (κ2) is 6.95. The van der Waals surface area contributed by atoms with Crippen molar-refractivity contribution in [2.75, 3.05) is 7.05 Å². The van der Waals surface area contributed by atoms with Crippen LogP contribution in [0.15, 0.2) is 18.2 Å². The van der Waals surface area contributed by atoms with Crippen molar-refractivity contribution in [2.24, 2.45) is 0 Å². The number of urea groups is 1. The van der Waals surface area contributed by atoms with Crippen molar-refractivity contribution in [1.82, 2.24) is 10.6 Å². The Bertz CT molecular complexity index is 508. The molecular weight excluding hydrogens is 268 g/mol. The summed E-state index contributed by atoms with van der Waals surface area (Å²) in [6.45, 7) is 3.29. The fourth-order valence-electron chi connectivity index (χ4n) is 1.78. The van der Waals surface area contributed by atoms with Gasteiger partial charge >= 0.3 is 6.03 Å². The van der Waals surface area contributed by atoms with Crippen LogP contribution in [-0.2, 0) is 4.79 Å². The number of rotatable bonds is 4. The van der Waals surface area contributed by atoms with E-state index in [2.05, 4.69) is 10.6 Å². The third-order valence-electron chi connectivity index (χ3n) is 2.91. The first kappa shape index (κ1) is 16.0. The molecule has 0 bridgehead atoms. The van der Waals surface area contributed by atoms with Crippen LogP contribution in [0.3, 0.4) is 0 Å². The Morgan fingerprint density at radius 3 is 2.45 bits per heavy atom. The van der Waals surface area contributed by atoms with Crippen LogP contribution in [0.5, 0.6) is 0 Å². The van der Waals surface area contributed by atoms with E-state index in [-0.39, 0.29) is 6.04 Å². The predicted molar refractivity (Wildman–Crippen MR) is 68.8 cm³/mol. The number of halogens is 2. The molecule has 2 atom stereocenters. The van der Waals surface area contributed by atoms with Gasteiger partial charge in [-0.25, -0.2) is 13.6 Å². The summed E-state index contributed by atoms with van der Waals surface area (Å²) in [4.78, 5) is 22.7. The largest absolute Gasteiger partial charge is 0.341 e. The van der Waals surface area contributed by atoms with Crippen LogP contribution in [0.25, 0.3) is 0 Å². The smallest absolute Gasteiger partial charge is 0.321 e. The quantitative estimate of drug-likeness (QED) is 0.751. The van der Waals surface area contributed by atoms with Crippen LogP contribution in [0.4, 0.5) is 13.6 Å². The highest BCUT2D eigenvalue weighted by atomic mass is 19.1. The van der Waals surface area contributed by atoms with E-state index in [1.54, 1.807) is 19.2 Å². The van der Waals surface area contributed by atoms with Crippen LogP contribution in [0.2, 0.25) is 0 Å². The highest BCUT2D eigenvalue weighted by molar-refractivity contribution is 5.95. The molecule has 0 unspecified atom stereocenters. The minimum atomic E-state index is -0.660. The lowest BCUT2D eigenvalue weighted by Crippen LogP contribution is -2.92. The Balaban J connectivity index is 2.67. The summed E-state index contributed by atoms with van der Waals surface area (Å²) in [5, 5.41) is 5.99. The molecule has 0 aliphatic carbocycles. The first-order valence-corrected chi connectivity index (χ1v) is 6.17. The number of amides is 3. The number of hydrogen-bond donors (Lipinski definition) is 3. The Labute approximate surface area is 115 Å². The van der Waals surface area contributed by atoms with Crippen molar-refractivity contribution in [3.63, 3.8) is 0 Å². The molecule has 0 saturated carbocycles. The first-order chi connectivity index (χ1) is 9.35. The topological polar surface area (TPSA) is 74.8 Å². The van der Waals surface area contributed by atoms with Crippen LogP contribution >= 0.6 is 0 Å². The van der Waals surface area contributed by atoms with Gasteiger partial charge in [0.05, 0.1) is 0 Å². The molecule has 0 spiro atoms. The lowest BCUT2D eigenvalue weighted by atomic mass is 10.1. The molecule has 1 rings (SSSR count). The molecule has 0 saturated heterocycles. The Morgan fingerprint density at radius 2 is 1.90 bits per heavy atom. The Kier molecular flexibility index (Phi) is 5.57. The standard InChI is InChI=1S/C13H17F2N3O2/c1-7(10-5-4-9(14)6-11(10)15)17-8(2)12(19)18-13(20)16-3/h4-8,17H,1-3H3,(H2,16,18,19,20)/p+1/t7-,8-/m0/s1. The molecule has 1 aromatic rings. The second-order valence-corrected chi connectivity index (χ2v) is 4.50. The van der Waals surface area contributed by atoms with Crippen molar-refractivity contribution >= 4 is 11.9 Å². The molecule has 0 radical (unpaired) electrons. The zero-order valence-electron chi connectivity index (χ0n) is 11.5. The van der Waals surface area contributed by atoms with Crippen LogP contribution in [0, 0.1) is 11.6 Å². The van der Waals surface area contributed by atoms with Crippen LogP contribution in [0.1, 0.15) is 25.5 Å². The van der Waals surface area contributed by atoms with Gasteiger partial charge in [-0.05, 0) is 26.0 Å². The molecule has 5 nitrogen and oxygen atoms in total. The molecule has 7 heteroatoms. The van der Waals surface area contributed by atoms with Gasteiger partial charge in [0.1, 0.15) is 17.7 Å². The van der Waals surface area contributed by atoms with E-state index in [1.807, 2.05) is 0 Å². The van der Waals surface area contributed by atoms with E-state index in [9.17, 15) is 18.4 Å². The van der Waals surface area contributed by atoms with Crippen LogP contribution in [-0.4, -0.2) is 25.0 Å². The molecular formula is C13H18F2N3O2+. The third kappa shape index (κ3) is 4.27. The van der Waals surface area contributed by atoms with Crippen molar-refractivity contribution < 1.29 is 23.7 Å². The summed E-state index contributed by atoms with van der Waals surface area (Å²) in [5.41, 5.74) is 0.297. The molecule has 110 valence electrons. The fourth-order valence-corrected chi connectivity index (χ4v) is 1.78. The lowest BCUT2D eigenvalue weighted by molar-refractivity contribution is -0.710. The van der Waals surface area contributed by atoms with E-state index in [0.29, 0.717) is 5.56 Å². The summed E-state index contributed by atoms with van der Waals surface area (Å²) in [6, 6.07) is 1.73. The maximum atomic E-state index is 13.6. The SMILES string of the molecule is CNC(=O)NC(=O)[C@H](C)[NH2+][C@@H](C)c1ccc(F)cc1F. The second-order valence-electron chi connectivity index (χ2n) is 4.50. The molecule has 0 heterocycles.